The van der Waals surface area contributed by atoms with Gasteiger partial charge in [0.1, 0.15) is 17.9 Å². The van der Waals surface area contributed by atoms with Gasteiger partial charge in [-0.05, 0) is 38.2 Å². The molecule has 1 aromatic carbocycles. The zero-order chi connectivity index (χ0) is 13.9. The van der Waals surface area contributed by atoms with Gasteiger partial charge >= 0.3 is 0 Å². The molecule has 19 heavy (non-hydrogen) atoms. The Morgan fingerprint density at radius 3 is 2.89 bits per heavy atom. The molecule has 2 aromatic rings. The highest BCUT2D eigenvalue weighted by atomic mass is 16.5. The van der Waals surface area contributed by atoms with E-state index in [0.717, 1.165) is 10.9 Å². The second kappa shape index (κ2) is 5.24. The lowest BCUT2D eigenvalue weighted by Gasteiger charge is -2.25. The van der Waals surface area contributed by atoms with E-state index < -0.39 is 11.4 Å². The number of hydrogen-bond acceptors (Lipinski definition) is 4. The first kappa shape index (κ1) is 13.3. The quantitative estimate of drug-likeness (QED) is 0.842. The number of aromatic nitrogens is 1. The first-order chi connectivity index (χ1) is 9.07. The molecule has 1 heterocycles. The minimum absolute atomic E-state index is 0.160. The molecule has 0 saturated carbocycles. The van der Waals surface area contributed by atoms with Gasteiger partial charge in [-0.15, -0.1) is 0 Å². The maximum Gasteiger partial charge on any atom is 0.240 e. The van der Waals surface area contributed by atoms with Crippen LogP contribution < -0.4 is 15.8 Å². The summed E-state index contributed by atoms with van der Waals surface area (Å²) < 4.78 is 5.73. The number of ether oxygens (including phenoxy) is 1. The van der Waals surface area contributed by atoms with Crippen LogP contribution in [0.25, 0.3) is 10.9 Å². The number of carbonyl (C=O) groups is 1. The molecule has 5 nitrogen and oxygen atoms in total. The lowest BCUT2D eigenvalue weighted by atomic mass is 10.0. The van der Waals surface area contributed by atoms with Crippen LogP contribution in [0.15, 0.2) is 36.5 Å². The summed E-state index contributed by atoms with van der Waals surface area (Å²) in [5.41, 5.74) is 5.32. The van der Waals surface area contributed by atoms with Gasteiger partial charge in [0, 0.05) is 11.6 Å². The van der Waals surface area contributed by atoms with Crippen molar-refractivity contribution in [1.29, 1.82) is 0 Å². The van der Waals surface area contributed by atoms with Crippen molar-refractivity contribution < 1.29 is 9.53 Å². The zero-order valence-electron chi connectivity index (χ0n) is 11.0. The van der Waals surface area contributed by atoms with E-state index in [9.17, 15) is 4.79 Å². The Kier molecular flexibility index (Phi) is 3.66. The van der Waals surface area contributed by atoms with Crippen molar-refractivity contribution in [3.8, 4) is 5.75 Å². The van der Waals surface area contributed by atoms with Gasteiger partial charge in [-0.25, -0.2) is 0 Å². The van der Waals surface area contributed by atoms with Crippen LogP contribution in [-0.4, -0.2) is 30.1 Å². The van der Waals surface area contributed by atoms with E-state index in [1.54, 1.807) is 20.2 Å². The predicted molar refractivity (Wildman–Crippen MR) is 73.9 cm³/mol. The van der Waals surface area contributed by atoms with E-state index in [2.05, 4.69) is 10.3 Å². The fraction of sp³-hybridized carbons (Fsp3) is 0.286. The highest BCUT2D eigenvalue weighted by Crippen LogP contribution is 2.24. The van der Waals surface area contributed by atoms with Crippen molar-refractivity contribution in [2.24, 2.45) is 5.73 Å². The standard InChI is InChI=1S/C14H17N3O2/c1-14(16-2,13(15)18)9-19-12-7-3-6-11-10(12)5-4-8-17-11/h3-8,16H,9H2,1-2H3,(H2,15,18). The highest BCUT2D eigenvalue weighted by molar-refractivity contribution is 5.86. The Morgan fingerprint density at radius 2 is 2.21 bits per heavy atom. The molecular formula is C14H17N3O2. The number of benzene rings is 1. The highest BCUT2D eigenvalue weighted by Gasteiger charge is 2.30. The molecular weight excluding hydrogens is 242 g/mol. The number of rotatable bonds is 5. The fourth-order valence-electron chi connectivity index (χ4n) is 1.69. The summed E-state index contributed by atoms with van der Waals surface area (Å²) in [7, 11) is 1.68. The van der Waals surface area contributed by atoms with E-state index in [-0.39, 0.29) is 6.61 Å². The Hall–Kier alpha value is -2.14. The molecule has 100 valence electrons. The van der Waals surface area contributed by atoms with E-state index in [4.69, 9.17) is 10.5 Å². The molecule has 1 atom stereocenters. The molecule has 0 radical (unpaired) electrons. The normalized spacial score (nSPS) is 14.0. The number of fused-ring (bicyclic) bond motifs is 1. The van der Waals surface area contributed by atoms with Gasteiger partial charge in [0.15, 0.2) is 0 Å². The van der Waals surface area contributed by atoms with Crippen molar-refractivity contribution in [2.45, 2.75) is 12.5 Å². The number of nitrogens with one attached hydrogen (secondary N) is 1. The average Bonchev–Trinajstić information content (AvgIpc) is 2.44. The maximum atomic E-state index is 11.4. The third-order valence-corrected chi connectivity index (χ3v) is 3.22. The molecule has 0 spiro atoms. The second-order valence-electron chi connectivity index (χ2n) is 4.56. The van der Waals surface area contributed by atoms with Crippen LogP contribution in [0.1, 0.15) is 6.92 Å². The Labute approximate surface area is 111 Å². The van der Waals surface area contributed by atoms with Gasteiger partial charge in [0.05, 0.1) is 5.52 Å². The van der Waals surface area contributed by atoms with Crippen molar-refractivity contribution in [3.05, 3.63) is 36.5 Å². The van der Waals surface area contributed by atoms with Crippen molar-refractivity contribution in [1.82, 2.24) is 10.3 Å². The summed E-state index contributed by atoms with van der Waals surface area (Å²) in [6.45, 7) is 1.87. The number of likely N-dealkylation sites (N-methyl/N-ethyl adjacent to an activating group) is 1. The van der Waals surface area contributed by atoms with Crippen LogP contribution in [0.3, 0.4) is 0 Å². The molecule has 0 saturated heterocycles. The fourth-order valence-corrected chi connectivity index (χ4v) is 1.69. The minimum atomic E-state index is -0.898. The van der Waals surface area contributed by atoms with Crippen LogP contribution in [0.4, 0.5) is 0 Å². The van der Waals surface area contributed by atoms with E-state index in [1.165, 1.54) is 0 Å². The number of carbonyl (C=O) groups excluding carboxylic acids is 1. The monoisotopic (exact) mass is 259 g/mol. The Morgan fingerprint density at radius 1 is 1.42 bits per heavy atom. The number of nitrogens with zero attached hydrogens (tertiary/aromatic N) is 1. The Bertz CT molecular complexity index is 595. The molecule has 1 unspecified atom stereocenters. The van der Waals surface area contributed by atoms with Gasteiger partial charge in [0.2, 0.25) is 5.91 Å². The zero-order valence-corrected chi connectivity index (χ0v) is 11.0. The molecule has 0 fully saturated rings. The lowest BCUT2D eigenvalue weighted by molar-refractivity contribution is -0.124. The van der Waals surface area contributed by atoms with Gasteiger partial charge in [-0.2, -0.15) is 0 Å². The predicted octanol–water partition coefficient (Wildman–Crippen LogP) is 1.08. The number of amides is 1. The van der Waals surface area contributed by atoms with E-state index in [1.807, 2.05) is 30.3 Å². The average molecular weight is 259 g/mol. The van der Waals surface area contributed by atoms with Gasteiger partial charge < -0.3 is 15.8 Å². The smallest absolute Gasteiger partial charge is 0.240 e. The van der Waals surface area contributed by atoms with Crippen LogP contribution >= 0.6 is 0 Å². The second-order valence-corrected chi connectivity index (χ2v) is 4.56. The molecule has 3 N–H and O–H groups in total. The van der Waals surface area contributed by atoms with Crippen molar-refractivity contribution in [3.63, 3.8) is 0 Å². The molecule has 2 rings (SSSR count). The molecule has 0 bridgehead atoms. The van der Waals surface area contributed by atoms with E-state index >= 15 is 0 Å². The molecule has 1 amide bonds. The summed E-state index contributed by atoms with van der Waals surface area (Å²) in [5, 5.41) is 3.79. The number of pyridine rings is 1. The van der Waals surface area contributed by atoms with Crippen molar-refractivity contribution in [2.75, 3.05) is 13.7 Å². The molecule has 1 aromatic heterocycles. The minimum Gasteiger partial charge on any atom is -0.490 e. The SMILES string of the molecule is CNC(C)(COc1cccc2ncccc12)C(N)=O. The van der Waals surface area contributed by atoms with Crippen LogP contribution in [0.2, 0.25) is 0 Å². The van der Waals surface area contributed by atoms with Crippen molar-refractivity contribution >= 4 is 16.8 Å². The first-order valence-corrected chi connectivity index (χ1v) is 6.02. The van der Waals surface area contributed by atoms with E-state index in [0.29, 0.717) is 5.75 Å². The topological polar surface area (TPSA) is 77.2 Å². The van der Waals surface area contributed by atoms with Crippen LogP contribution in [0, 0.1) is 0 Å². The summed E-state index contributed by atoms with van der Waals surface area (Å²) >= 11 is 0. The molecule has 5 heteroatoms. The maximum absolute atomic E-state index is 11.4. The lowest BCUT2D eigenvalue weighted by Crippen LogP contribution is -2.55. The number of primary amides is 1. The molecule has 0 aliphatic rings. The van der Waals surface area contributed by atoms with Gasteiger partial charge in [-0.1, -0.05) is 6.07 Å². The molecule has 0 aliphatic heterocycles. The van der Waals surface area contributed by atoms with Crippen LogP contribution in [0.5, 0.6) is 5.75 Å². The van der Waals surface area contributed by atoms with Gasteiger partial charge in [0.25, 0.3) is 0 Å². The van der Waals surface area contributed by atoms with Gasteiger partial charge in [-0.3, -0.25) is 9.78 Å². The third-order valence-electron chi connectivity index (χ3n) is 3.22. The molecule has 0 aliphatic carbocycles. The summed E-state index contributed by atoms with van der Waals surface area (Å²) in [4.78, 5) is 15.7. The summed E-state index contributed by atoms with van der Waals surface area (Å²) in [5.74, 6) is 0.238. The third kappa shape index (κ3) is 2.66. The summed E-state index contributed by atoms with van der Waals surface area (Å²) in [6, 6.07) is 9.40. The summed E-state index contributed by atoms with van der Waals surface area (Å²) in [6.07, 6.45) is 1.73. The first-order valence-electron chi connectivity index (χ1n) is 6.02. The number of nitrogens with two attached hydrogens (primary N) is 1. The van der Waals surface area contributed by atoms with Crippen LogP contribution in [-0.2, 0) is 4.79 Å². The Balaban J connectivity index is 2.25. The largest absolute Gasteiger partial charge is 0.490 e. The number of hydrogen-bond donors (Lipinski definition) is 2.